The average Bonchev–Trinajstić information content (AvgIpc) is 2.41. The SMILES string of the molecule is CCNC(Cc1ccc(Cl)cc1Cl)c1ccc(F)cc1Cl. The second-order valence-electron chi connectivity index (χ2n) is 4.72. The minimum absolute atomic E-state index is 0.0400. The van der Waals surface area contributed by atoms with Gasteiger partial charge in [0.2, 0.25) is 0 Å². The summed E-state index contributed by atoms with van der Waals surface area (Å²) in [6, 6.07) is 9.81. The predicted molar refractivity (Wildman–Crippen MR) is 88.0 cm³/mol. The number of benzene rings is 2. The maximum absolute atomic E-state index is 13.2. The van der Waals surface area contributed by atoms with E-state index in [0.717, 1.165) is 17.7 Å². The van der Waals surface area contributed by atoms with Gasteiger partial charge < -0.3 is 5.32 Å². The van der Waals surface area contributed by atoms with Crippen molar-refractivity contribution >= 4 is 34.8 Å². The molecule has 0 aliphatic rings. The molecule has 0 aromatic heterocycles. The molecule has 2 aromatic rings. The zero-order valence-corrected chi connectivity index (χ0v) is 13.7. The average molecular weight is 347 g/mol. The predicted octanol–water partition coefficient (Wildman–Crippen LogP) is 5.68. The highest BCUT2D eigenvalue weighted by Gasteiger charge is 2.16. The van der Waals surface area contributed by atoms with Crippen LogP contribution in [0.5, 0.6) is 0 Å². The summed E-state index contributed by atoms with van der Waals surface area (Å²) in [6.45, 7) is 2.78. The molecule has 1 unspecified atom stereocenters. The van der Waals surface area contributed by atoms with Gasteiger partial charge in [-0.3, -0.25) is 0 Å². The third-order valence-corrected chi connectivity index (χ3v) is 4.14. The lowest BCUT2D eigenvalue weighted by Crippen LogP contribution is -2.23. The third-order valence-electron chi connectivity index (χ3n) is 3.23. The lowest BCUT2D eigenvalue weighted by atomic mass is 9.98. The first kappa shape index (κ1) is 16.6. The largest absolute Gasteiger partial charge is 0.310 e. The molecule has 0 amide bonds. The van der Waals surface area contributed by atoms with Gasteiger partial charge in [-0.15, -0.1) is 0 Å². The lowest BCUT2D eigenvalue weighted by Gasteiger charge is -2.20. The number of hydrogen-bond donors (Lipinski definition) is 1. The molecule has 0 aliphatic heterocycles. The fourth-order valence-corrected chi connectivity index (χ4v) is 3.01. The number of rotatable bonds is 5. The van der Waals surface area contributed by atoms with Crippen LogP contribution in [0.25, 0.3) is 0 Å². The molecule has 0 bridgehead atoms. The molecular weight excluding hydrogens is 332 g/mol. The van der Waals surface area contributed by atoms with Gasteiger partial charge in [0.05, 0.1) is 0 Å². The first-order chi connectivity index (χ1) is 10.0. The summed E-state index contributed by atoms with van der Waals surface area (Å²) in [7, 11) is 0. The number of nitrogens with one attached hydrogen (secondary N) is 1. The van der Waals surface area contributed by atoms with Gasteiger partial charge in [-0.25, -0.2) is 4.39 Å². The van der Waals surface area contributed by atoms with E-state index in [1.165, 1.54) is 12.1 Å². The van der Waals surface area contributed by atoms with Crippen molar-refractivity contribution in [1.82, 2.24) is 5.32 Å². The molecular formula is C16H15Cl3FN. The van der Waals surface area contributed by atoms with Crippen LogP contribution >= 0.6 is 34.8 Å². The van der Waals surface area contributed by atoms with Crippen LogP contribution in [0.3, 0.4) is 0 Å². The van der Waals surface area contributed by atoms with E-state index >= 15 is 0 Å². The highest BCUT2D eigenvalue weighted by molar-refractivity contribution is 6.35. The maximum Gasteiger partial charge on any atom is 0.124 e. The quantitative estimate of drug-likeness (QED) is 0.734. The van der Waals surface area contributed by atoms with E-state index < -0.39 is 0 Å². The molecule has 1 nitrogen and oxygen atoms in total. The minimum Gasteiger partial charge on any atom is -0.310 e. The summed E-state index contributed by atoms with van der Waals surface area (Å²) in [5.74, 6) is -0.344. The van der Waals surface area contributed by atoms with Gasteiger partial charge in [0.15, 0.2) is 0 Å². The number of halogens is 4. The summed E-state index contributed by atoms with van der Waals surface area (Å²) < 4.78 is 13.2. The van der Waals surface area contributed by atoms with Gasteiger partial charge in [0.25, 0.3) is 0 Å². The van der Waals surface area contributed by atoms with E-state index in [1.807, 2.05) is 13.0 Å². The highest BCUT2D eigenvalue weighted by Crippen LogP contribution is 2.30. The molecule has 0 heterocycles. The van der Waals surface area contributed by atoms with Gasteiger partial charge in [0, 0.05) is 21.1 Å². The van der Waals surface area contributed by atoms with E-state index in [9.17, 15) is 4.39 Å². The molecule has 0 saturated carbocycles. The van der Waals surface area contributed by atoms with Crippen molar-refractivity contribution in [3.63, 3.8) is 0 Å². The third kappa shape index (κ3) is 4.33. The molecule has 0 fully saturated rings. The molecule has 21 heavy (non-hydrogen) atoms. The fraction of sp³-hybridized carbons (Fsp3) is 0.250. The van der Waals surface area contributed by atoms with Crippen molar-refractivity contribution < 1.29 is 4.39 Å². The Hall–Kier alpha value is -0.800. The Kier molecular flexibility index (Phi) is 5.88. The molecule has 0 radical (unpaired) electrons. The topological polar surface area (TPSA) is 12.0 Å². The van der Waals surface area contributed by atoms with Gasteiger partial charge >= 0.3 is 0 Å². The monoisotopic (exact) mass is 345 g/mol. The Morgan fingerprint density at radius 1 is 1.05 bits per heavy atom. The molecule has 0 aliphatic carbocycles. The van der Waals surface area contributed by atoms with Crippen molar-refractivity contribution in [2.24, 2.45) is 0 Å². The molecule has 112 valence electrons. The van der Waals surface area contributed by atoms with Gasteiger partial charge in [-0.05, 0) is 48.4 Å². The first-order valence-electron chi connectivity index (χ1n) is 6.63. The Balaban J connectivity index is 2.30. The summed E-state index contributed by atoms with van der Waals surface area (Å²) in [5, 5.41) is 4.97. The van der Waals surface area contributed by atoms with Crippen LogP contribution in [-0.2, 0) is 6.42 Å². The summed E-state index contributed by atoms with van der Waals surface area (Å²) in [4.78, 5) is 0. The van der Waals surface area contributed by atoms with E-state index in [1.54, 1.807) is 18.2 Å². The van der Waals surface area contributed by atoms with Crippen molar-refractivity contribution in [1.29, 1.82) is 0 Å². The smallest absolute Gasteiger partial charge is 0.124 e. The summed E-state index contributed by atoms with van der Waals surface area (Å²) in [6.07, 6.45) is 0.648. The second-order valence-corrected chi connectivity index (χ2v) is 5.97. The van der Waals surface area contributed by atoms with Crippen molar-refractivity contribution in [2.75, 3.05) is 6.54 Å². The molecule has 2 aromatic carbocycles. The van der Waals surface area contributed by atoms with Crippen LogP contribution in [0.4, 0.5) is 4.39 Å². The van der Waals surface area contributed by atoms with Crippen LogP contribution in [0, 0.1) is 5.82 Å². The normalized spacial score (nSPS) is 12.4. The molecule has 0 saturated heterocycles. The maximum atomic E-state index is 13.2. The number of hydrogen-bond acceptors (Lipinski definition) is 1. The molecule has 1 N–H and O–H groups in total. The Bertz CT molecular complexity index is 631. The van der Waals surface area contributed by atoms with Crippen LogP contribution in [-0.4, -0.2) is 6.54 Å². The Morgan fingerprint density at radius 2 is 1.81 bits per heavy atom. The molecule has 5 heteroatoms. The van der Waals surface area contributed by atoms with Crippen LogP contribution in [0.2, 0.25) is 15.1 Å². The zero-order valence-electron chi connectivity index (χ0n) is 11.5. The second kappa shape index (κ2) is 7.46. The molecule has 1 atom stereocenters. The molecule has 2 rings (SSSR count). The zero-order chi connectivity index (χ0) is 15.4. The lowest BCUT2D eigenvalue weighted by molar-refractivity contribution is 0.547. The Morgan fingerprint density at radius 3 is 2.43 bits per heavy atom. The molecule has 0 spiro atoms. The Labute approximate surface area is 139 Å². The van der Waals surface area contributed by atoms with E-state index in [2.05, 4.69) is 5.32 Å². The van der Waals surface area contributed by atoms with Crippen LogP contribution in [0.15, 0.2) is 36.4 Å². The first-order valence-corrected chi connectivity index (χ1v) is 7.77. The highest BCUT2D eigenvalue weighted by atomic mass is 35.5. The summed E-state index contributed by atoms with van der Waals surface area (Å²) in [5.41, 5.74) is 1.82. The van der Waals surface area contributed by atoms with Gasteiger partial charge in [-0.1, -0.05) is 53.9 Å². The van der Waals surface area contributed by atoms with Gasteiger partial charge in [-0.2, -0.15) is 0 Å². The van der Waals surface area contributed by atoms with Crippen molar-refractivity contribution in [3.05, 3.63) is 68.4 Å². The number of likely N-dealkylation sites (N-methyl/N-ethyl adjacent to an activating group) is 1. The van der Waals surface area contributed by atoms with Crippen molar-refractivity contribution in [2.45, 2.75) is 19.4 Å². The van der Waals surface area contributed by atoms with Gasteiger partial charge in [0.1, 0.15) is 5.82 Å². The van der Waals surface area contributed by atoms with E-state index in [-0.39, 0.29) is 11.9 Å². The minimum atomic E-state index is -0.344. The standard InChI is InChI=1S/C16H15Cl3FN/c1-2-21-16(13-6-5-12(20)9-15(13)19)7-10-3-4-11(17)8-14(10)18/h3-6,8-9,16,21H,2,7H2,1H3. The van der Waals surface area contributed by atoms with E-state index in [4.69, 9.17) is 34.8 Å². The fourth-order valence-electron chi connectivity index (χ4n) is 2.23. The van der Waals surface area contributed by atoms with Crippen molar-refractivity contribution in [3.8, 4) is 0 Å². The van der Waals surface area contributed by atoms with E-state index in [0.29, 0.717) is 21.5 Å². The summed E-state index contributed by atoms with van der Waals surface area (Å²) >= 11 is 18.3. The van der Waals surface area contributed by atoms with Crippen LogP contribution in [0.1, 0.15) is 24.1 Å². The van der Waals surface area contributed by atoms with Crippen LogP contribution < -0.4 is 5.32 Å².